The van der Waals surface area contributed by atoms with Gasteiger partial charge in [-0.25, -0.2) is 0 Å². The van der Waals surface area contributed by atoms with Crippen molar-refractivity contribution in [3.05, 3.63) is 71.9 Å². The molecule has 2 aromatic carbocycles. The molecule has 0 bridgehead atoms. The normalized spacial score (nSPS) is 10.5. The number of carbonyl (C=O) groups is 1. The molecule has 1 aromatic heterocycles. The summed E-state index contributed by atoms with van der Waals surface area (Å²) in [6.45, 7) is 0.541. The minimum absolute atomic E-state index is 0.0793. The second kappa shape index (κ2) is 6.48. The van der Waals surface area contributed by atoms with E-state index in [-0.39, 0.29) is 5.91 Å². The number of benzene rings is 2. The molecule has 4 nitrogen and oxygen atoms in total. The maximum absolute atomic E-state index is 13.0. The zero-order valence-corrected chi connectivity index (χ0v) is 13.2. The van der Waals surface area contributed by atoms with Gasteiger partial charge in [0.2, 0.25) is 0 Å². The molecule has 0 atom stereocenters. The number of ether oxygens (including phenoxy) is 1. The van der Waals surface area contributed by atoms with Gasteiger partial charge < -0.3 is 9.64 Å². The fourth-order valence-corrected chi connectivity index (χ4v) is 2.62. The highest BCUT2D eigenvalue weighted by molar-refractivity contribution is 6.08. The van der Waals surface area contributed by atoms with Gasteiger partial charge in [-0.15, -0.1) is 0 Å². The summed E-state index contributed by atoms with van der Waals surface area (Å²) in [7, 11) is 3.35. The number of fused-ring (bicyclic) bond motifs is 1. The predicted molar refractivity (Wildman–Crippen MR) is 90.5 cm³/mol. The van der Waals surface area contributed by atoms with Crippen molar-refractivity contribution in [3.8, 4) is 5.75 Å². The van der Waals surface area contributed by atoms with Crippen LogP contribution in [0.15, 0.2) is 60.8 Å². The van der Waals surface area contributed by atoms with E-state index in [0.29, 0.717) is 17.9 Å². The first-order chi connectivity index (χ1) is 11.2. The van der Waals surface area contributed by atoms with E-state index in [1.165, 1.54) is 0 Å². The first-order valence-corrected chi connectivity index (χ1v) is 7.42. The molecule has 23 heavy (non-hydrogen) atoms. The number of hydrogen-bond donors (Lipinski definition) is 0. The molecule has 0 saturated heterocycles. The van der Waals surface area contributed by atoms with Gasteiger partial charge in [-0.3, -0.25) is 9.78 Å². The second-order valence-electron chi connectivity index (χ2n) is 5.37. The molecular formula is C19H18N2O2. The smallest absolute Gasteiger partial charge is 0.258 e. The molecule has 116 valence electrons. The fourth-order valence-electron chi connectivity index (χ4n) is 2.62. The van der Waals surface area contributed by atoms with E-state index in [9.17, 15) is 4.79 Å². The van der Waals surface area contributed by atoms with Crippen LogP contribution in [-0.2, 0) is 6.54 Å². The quantitative estimate of drug-likeness (QED) is 0.740. The maximum atomic E-state index is 13.0. The van der Waals surface area contributed by atoms with E-state index in [1.54, 1.807) is 25.3 Å². The number of para-hydroxylation sites is 1. The summed E-state index contributed by atoms with van der Waals surface area (Å²) in [5.74, 6) is 0.415. The summed E-state index contributed by atoms with van der Waals surface area (Å²) in [6, 6.07) is 17.5. The summed E-state index contributed by atoms with van der Waals surface area (Å²) in [5, 5.41) is 0.803. The third-order valence-corrected chi connectivity index (χ3v) is 3.78. The van der Waals surface area contributed by atoms with Crippen LogP contribution in [-0.4, -0.2) is 29.9 Å². The summed E-state index contributed by atoms with van der Waals surface area (Å²) < 4.78 is 5.36. The van der Waals surface area contributed by atoms with Crippen molar-refractivity contribution in [2.75, 3.05) is 14.2 Å². The fraction of sp³-hybridized carbons (Fsp3) is 0.158. The van der Waals surface area contributed by atoms with Crippen molar-refractivity contribution in [2.45, 2.75) is 6.54 Å². The predicted octanol–water partition coefficient (Wildman–Crippen LogP) is 3.52. The first kappa shape index (κ1) is 15.0. The lowest BCUT2D eigenvalue weighted by molar-refractivity contribution is 0.0783. The zero-order valence-electron chi connectivity index (χ0n) is 13.2. The lowest BCUT2D eigenvalue weighted by atomic mass is 10.1. The Kier molecular flexibility index (Phi) is 4.24. The third kappa shape index (κ3) is 3.01. The Balaban J connectivity index is 1.99. The van der Waals surface area contributed by atoms with Crippen LogP contribution in [0.2, 0.25) is 0 Å². The number of amides is 1. The molecule has 0 aliphatic rings. The van der Waals surface area contributed by atoms with Crippen LogP contribution in [0.25, 0.3) is 10.9 Å². The van der Waals surface area contributed by atoms with E-state index in [1.807, 2.05) is 54.6 Å². The van der Waals surface area contributed by atoms with Crippen LogP contribution in [0, 0.1) is 0 Å². The van der Waals surface area contributed by atoms with Gasteiger partial charge in [-0.1, -0.05) is 48.5 Å². The van der Waals surface area contributed by atoms with Gasteiger partial charge in [0.15, 0.2) is 5.75 Å². The summed E-state index contributed by atoms with van der Waals surface area (Å²) in [6.07, 6.45) is 1.60. The molecule has 0 aliphatic heterocycles. The standard InChI is InChI=1S/C19H18N2O2/c1-21(13-14-8-4-3-5-9-14)19(22)18-15-10-6-7-11-16(15)20-12-17(18)23-2/h3-12H,13H2,1-2H3. The number of nitrogens with zero attached hydrogens (tertiary/aromatic N) is 2. The van der Waals surface area contributed by atoms with Gasteiger partial charge in [-0.05, 0) is 11.6 Å². The van der Waals surface area contributed by atoms with Crippen LogP contribution in [0.1, 0.15) is 15.9 Å². The average Bonchev–Trinajstić information content (AvgIpc) is 2.61. The number of methoxy groups -OCH3 is 1. The lowest BCUT2D eigenvalue weighted by Crippen LogP contribution is -2.27. The average molecular weight is 306 g/mol. The van der Waals surface area contributed by atoms with Crippen LogP contribution in [0.3, 0.4) is 0 Å². The first-order valence-electron chi connectivity index (χ1n) is 7.42. The Bertz CT molecular complexity index is 831. The van der Waals surface area contributed by atoms with Crippen molar-refractivity contribution < 1.29 is 9.53 Å². The zero-order chi connectivity index (χ0) is 16.2. The molecule has 0 N–H and O–H groups in total. The van der Waals surface area contributed by atoms with Crippen LogP contribution >= 0.6 is 0 Å². The monoisotopic (exact) mass is 306 g/mol. The van der Waals surface area contributed by atoms with Gasteiger partial charge >= 0.3 is 0 Å². The molecule has 1 heterocycles. The summed E-state index contributed by atoms with van der Waals surface area (Å²) in [5.41, 5.74) is 2.42. The number of rotatable bonds is 4. The molecule has 3 aromatic rings. The van der Waals surface area contributed by atoms with Gasteiger partial charge in [0, 0.05) is 19.0 Å². The van der Waals surface area contributed by atoms with Crippen molar-refractivity contribution in [3.63, 3.8) is 0 Å². The van der Waals surface area contributed by atoms with Gasteiger partial charge in [-0.2, -0.15) is 0 Å². The molecule has 0 fully saturated rings. The van der Waals surface area contributed by atoms with Crippen LogP contribution < -0.4 is 4.74 Å². The number of hydrogen-bond acceptors (Lipinski definition) is 3. The second-order valence-corrected chi connectivity index (χ2v) is 5.37. The van der Waals surface area contributed by atoms with E-state index < -0.39 is 0 Å². The molecule has 3 rings (SSSR count). The minimum Gasteiger partial charge on any atom is -0.494 e. The van der Waals surface area contributed by atoms with Gasteiger partial charge in [0.25, 0.3) is 5.91 Å². The highest BCUT2D eigenvalue weighted by atomic mass is 16.5. The molecular weight excluding hydrogens is 288 g/mol. The third-order valence-electron chi connectivity index (χ3n) is 3.78. The van der Waals surface area contributed by atoms with E-state index in [2.05, 4.69) is 4.98 Å². The van der Waals surface area contributed by atoms with Crippen molar-refractivity contribution in [1.82, 2.24) is 9.88 Å². The Morgan fingerprint density at radius 3 is 2.52 bits per heavy atom. The van der Waals surface area contributed by atoms with Crippen LogP contribution in [0.4, 0.5) is 0 Å². The molecule has 1 amide bonds. The number of pyridine rings is 1. The molecule has 0 spiro atoms. The maximum Gasteiger partial charge on any atom is 0.258 e. The Hall–Kier alpha value is -2.88. The molecule has 4 heteroatoms. The number of carbonyl (C=O) groups excluding carboxylic acids is 1. The van der Waals surface area contributed by atoms with Gasteiger partial charge in [0.05, 0.1) is 24.4 Å². The molecule has 0 unspecified atom stereocenters. The van der Waals surface area contributed by atoms with Crippen LogP contribution in [0.5, 0.6) is 5.75 Å². The largest absolute Gasteiger partial charge is 0.494 e. The van der Waals surface area contributed by atoms with E-state index in [4.69, 9.17) is 4.74 Å². The number of aromatic nitrogens is 1. The summed E-state index contributed by atoms with van der Waals surface area (Å²) in [4.78, 5) is 19.0. The summed E-state index contributed by atoms with van der Waals surface area (Å²) >= 11 is 0. The topological polar surface area (TPSA) is 42.4 Å². The molecule has 0 radical (unpaired) electrons. The van der Waals surface area contributed by atoms with E-state index >= 15 is 0 Å². The Morgan fingerprint density at radius 1 is 1.09 bits per heavy atom. The van der Waals surface area contributed by atoms with Crippen molar-refractivity contribution >= 4 is 16.8 Å². The van der Waals surface area contributed by atoms with Crippen molar-refractivity contribution in [1.29, 1.82) is 0 Å². The van der Waals surface area contributed by atoms with E-state index in [0.717, 1.165) is 16.5 Å². The molecule has 0 saturated carbocycles. The van der Waals surface area contributed by atoms with Crippen molar-refractivity contribution in [2.24, 2.45) is 0 Å². The highest BCUT2D eigenvalue weighted by Gasteiger charge is 2.20. The van der Waals surface area contributed by atoms with Gasteiger partial charge in [0.1, 0.15) is 0 Å². The molecule has 0 aliphatic carbocycles. The highest BCUT2D eigenvalue weighted by Crippen LogP contribution is 2.27. The Labute approximate surface area is 135 Å². The Morgan fingerprint density at radius 2 is 1.78 bits per heavy atom. The lowest BCUT2D eigenvalue weighted by Gasteiger charge is -2.20. The SMILES string of the molecule is COc1cnc2ccccc2c1C(=O)N(C)Cc1ccccc1. The minimum atomic E-state index is -0.0793.